The Labute approximate surface area is 128 Å². The molecule has 0 saturated carbocycles. The van der Waals surface area contributed by atoms with Gasteiger partial charge in [-0.3, -0.25) is 9.80 Å². The highest BCUT2D eigenvalue weighted by Crippen LogP contribution is 2.31. The summed E-state index contributed by atoms with van der Waals surface area (Å²) in [7, 11) is 0. The Bertz CT molecular complexity index is 460. The van der Waals surface area contributed by atoms with E-state index in [1.807, 2.05) is 25.1 Å². The molecule has 0 aromatic heterocycles. The summed E-state index contributed by atoms with van der Waals surface area (Å²) in [5.74, 6) is 0.876. The van der Waals surface area contributed by atoms with Gasteiger partial charge in [0.15, 0.2) is 11.5 Å². The lowest BCUT2D eigenvalue weighted by Gasteiger charge is -2.42. The fraction of sp³-hybridized carbons (Fsp3) is 0.647. The van der Waals surface area contributed by atoms with Gasteiger partial charge in [0.1, 0.15) is 0 Å². The van der Waals surface area contributed by atoms with Crippen LogP contribution in [0.25, 0.3) is 0 Å². The standard InChI is InChI=1S/C17H28N2O2/c1-5-21-15-8-6-7-14(16(15)20)13-18-9-11-19(12-10-18)17(2,3)4/h6-8,20H,5,9-13H2,1-4H3. The largest absolute Gasteiger partial charge is 0.504 e. The van der Waals surface area contributed by atoms with Crippen molar-refractivity contribution in [1.29, 1.82) is 0 Å². The minimum absolute atomic E-state index is 0.239. The van der Waals surface area contributed by atoms with Crippen LogP contribution in [-0.2, 0) is 6.54 Å². The monoisotopic (exact) mass is 292 g/mol. The fourth-order valence-electron chi connectivity index (χ4n) is 2.79. The molecule has 1 N–H and O–H groups in total. The van der Waals surface area contributed by atoms with Crippen molar-refractivity contribution >= 4 is 0 Å². The Morgan fingerprint density at radius 3 is 2.38 bits per heavy atom. The minimum Gasteiger partial charge on any atom is -0.504 e. The van der Waals surface area contributed by atoms with Crippen molar-refractivity contribution in [1.82, 2.24) is 9.80 Å². The van der Waals surface area contributed by atoms with Gasteiger partial charge in [-0.2, -0.15) is 0 Å². The SMILES string of the molecule is CCOc1cccc(CN2CCN(C(C)(C)C)CC2)c1O. The summed E-state index contributed by atoms with van der Waals surface area (Å²) in [6.45, 7) is 14.3. The third-order valence-electron chi connectivity index (χ3n) is 4.10. The predicted octanol–water partition coefficient (Wildman–Crippen LogP) is 2.71. The molecule has 4 heteroatoms. The summed E-state index contributed by atoms with van der Waals surface area (Å²) >= 11 is 0. The van der Waals surface area contributed by atoms with Gasteiger partial charge in [0, 0.05) is 43.8 Å². The molecule has 2 rings (SSSR count). The molecule has 1 aliphatic rings. The Kier molecular flexibility index (Phi) is 5.12. The number of phenols is 1. The average molecular weight is 292 g/mol. The number of hydrogen-bond acceptors (Lipinski definition) is 4. The smallest absolute Gasteiger partial charge is 0.162 e. The molecule has 0 spiro atoms. The van der Waals surface area contributed by atoms with Crippen molar-refractivity contribution < 1.29 is 9.84 Å². The molecule has 1 saturated heterocycles. The molecule has 0 atom stereocenters. The number of hydrogen-bond donors (Lipinski definition) is 1. The summed E-state index contributed by atoms with van der Waals surface area (Å²) in [6, 6.07) is 5.75. The van der Waals surface area contributed by atoms with E-state index in [0.29, 0.717) is 12.4 Å². The number of ether oxygens (including phenoxy) is 1. The Hall–Kier alpha value is -1.26. The molecule has 21 heavy (non-hydrogen) atoms. The zero-order valence-electron chi connectivity index (χ0n) is 13.7. The Balaban J connectivity index is 1.96. The van der Waals surface area contributed by atoms with Gasteiger partial charge in [0.25, 0.3) is 0 Å². The van der Waals surface area contributed by atoms with Crippen LogP contribution in [0.2, 0.25) is 0 Å². The number of aromatic hydroxyl groups is 1. The molecule has 0 unspecified atom stereocenters. The lowest BCUT2D eigenvalue weighted by atomic mass is 10.0. The maximum atomic E-state index is 10.3. The zero-order chi connectivity index (χ0) is 15.5. The maximum absolute atomic E-state index is 10.3. The third-order valence-corrected chi connectivity index (χ3v) is 4.10. The molecule has 0 bridgehead atoms. The van der Waals surface area contributed by atoms with E-state index in [1.165, 1.54) is 0 Å². The van der Waals surface area contributed by atoms with Crippen LogP contribution in [0.3, 0.4) is 0 Å². The first kappa shape index (κ1) is 16.1. The van der Waals surface area contributed by atoms with E-state index in [-0.39, 0.29) is 11.3 Å². The molecule has 0 aliphatic carbocycles. The minimum atomic E-state index is 0.239. The van der Waals surface area contributed by atoms with Crippen LogP contribution in [0.4, 0.5) is 0 Å². The summed E-state index contributed by atoms with van der Waals surface area (Å²) in [4.78, 5) is 4.91. The van der Waals surface area contributed by atoms with E-state index in [0.717, 1.165) is 38.3 Å². The Morgan fingerprint density at radius 1 is 1.14 bits per heavy atom. The first-order valence-electron chi connectivity index (χ1n) is 7.83. The van der Waals surface area contributed by atoms with Crippen LogP contribution in [-0.4, -0.2) is 53.2 Å². The topological polar surface area (TPSA) is 35.9 Å². The van der Waals surface area contributed by atoms with Crippen LogP contribution >= 0.6 is 0 Å². The van der Waals surface area contributed by atoms with Crippen molar-refractivity contribution in [2.45, 2.75) is 39.8 Å². The van der Waals surface area contributed by atoms with Crippen molar-refractivity contribution in [2.24, 2.45) is 0 Å². The van der Waals surface area contributed by atoms with Crippen molar-refractivity contribution in [3.63, 3.8) is 0 Å². The molecule has 1 fully saturated rings. The lowest BCUT2D eigenvalue weighted by Crippen LogP contribution is -2.53. The average Bonchev–Trinajstić information content (AvgIpc) is 2.43. The van der Waals surface area contributed by atoms with Crippen molar-refractivity contribution in [3.05, 3.63) is 23.8 Å². The molecule has 0 radical (unpaired) electrons. The zero-order valence-corrected chi connectivity index (χ0v) is 13.7. The van der Waals surface area contributed by atoms with E-state index in [2.05, 4.69) is 30.6 Å². The number of para-hydroxylation sites is 1. The summed E-state index contributed by atoms with van der Waals surface area (Å²) in [5.41, 5.74) is 1.19. The van der Waals surface area contributed by atoms with E-state index in [1.54, 1.807) is 0 Å². The van der Waals surface area contributed by atoms with Gasteiger partial charge >= 0.3 is 0 Å². The maximum Gasteiger partial charge on any atom is 0.162 e. The molecule has 1 aliphatic heterocycles. The number of piperazine rings is 1. The van der Waals surface area contributed by atoms with Gasteiger partial charge in [0.05, 0.1) is 6.61 Å². The molecule has 4 nitrogen and oxygen atoms in total. The van der Waals surface area contributed by atoms with Crippen LogP contribution in [0, 0.1) is 0 Å². The fourth-order valence-corrected chi connectivity index (χ4v) is 2.79. The van der Waals surface area contributed by atoms with Gasteiger partial charge in [-0.1, -0.05) is 12.1 Å². The van der Waals surface area contributed by atoms with Gasteiger partial charge in [-0.05, 0) is 33.8 Å². The molecule has 1 heterocycles. The van der Waals surface area contributed by atoms with Gasteiger partial charge in [0.2, 0.25) is 0 Å². The van der Waals surface area contributed by atoms with Gasteiger partial charge in [-0.25, -0.2) is 0 Å². The quantitative estimate of drug-likeness (QED) is 0.925. The number of rotatable bonds is 4. The highest BCUT2D eigenvalue weighted by Gasteiger charge is 2.26. The molecule has 118 valence electrons. The molecule has 0 amide bonds. The van der Waals surface area contributed by atoms with Gasteiger partial charge < -0.3 is 9.84 Å². The number of benzene rings is 1. The van der Waals surface area contributed by atoms with E-state index in [9.17, 15) is 5.11 Å². The van der Waals surface area contributed by atoms with Crippen LogP contribution in [0.15, 0.2) is 18.2 Å². The second-order valence-electron chi connectivity index (χ2n) is 6.63. The Morgan fingerprint density at radius 2 is 1.81 bits per heavy atom. The molecular weight excluding hydrogens is 264 g/mol. The third kappa shape index (κ3) is 4.11. The predicted molar refractivity (Wildman–Crippen MR) is 85.9 cm³/mol. The highest BCUT2D eigenvalue weighted by molar-refractivity contribution is 5.45. The first-order valence-corrected chi connectivity index (χ1v) is 7.83. The highest BCUT2D eigenvalue weighted by atomic mass is 16.5. The normalized spacial score (nSPS) is 17.9. The second-order valence-corrected chi connectivity index (χ2v) is 6.63. The molecule has 1 aromatic carbocycles. The second kappa shape index (κ2) is 6.67. The van der Waals surface area contributed by atoms with E-state index in [4.69, 9.17) is 4.74 Å². The molecular formula is C17H28N2O2. The summed E-state index contributed by atoms with van der Waals surface area (Å²) in [5, 5.41) is 10.3. The van der Waals surface area contributed by atoms with Crippen molar-refractivity contribution in [3.8, 4) is 11.5 Å². The molecule has 1 aromatic rings. The summed E-state index contributed by atoms with van der Waals surface area (Å²) in [6.07, 6.45) is 0. The number of nitrogens with zero attached hydrogens (tertiary/aromatic N) is 2. The van der Waals surface area contributed by atoms with Crippen molar-refractivity contribution in [2.75, 3.05) is 32.8 Å². The summed E-state index contributed by atoms with van der Waals surface area (Å²) < 4.78 is 5.45. The van der Waals surface area contributed by atoms with E-state index < -0.39 is 0 Å². The van der Waals surface area contributed by atoms with Crippen LogP contribution in [0.5, 0.6) is 11.5 Å². The van der Waals surface area contributed by atoms with Crippen LogP contribution < -0.4 is 4.74 Å². The number of phenolic OH excluding ortho intramolecular Hbond substituents is 1. The van der Waals surface area contributed by atoms with Crippen LogP contribution in [0.1, 0.15) is 33.3 Å². The lowest BCUT2D eigenvalue weighted by molar-refractivity contribution is 0.0587. The van der Waals surface area contributed by atoms with Gasteiger partial charge in [-0.15, -0.1) is 0 Å². The van der Waals surface area contributed by atoms with E-state index >= 15 is 0 Å². The first-order chi connectivity index (χ1) is 9.91.